The Bertz CT molecular complexity index is 575. The summed E-state index contributed by atoms with van der Waals surface area (Å²) in [5.41, 5.74) is 6.00. The van der Waals surface area contributed by atoms with Crippen molar-refractivity contribution in [1.29, 1.82) is 0 Å². The zero-order valence-electron chi connectivity index (χ0n) is 11.4. The lowest BCUT2D eigenvalue weighted by molar-refractivity contribution is 0.0265. The van der Waals surface area contributed by atoms with Crippen LogP contribution in [-0.2, 0) is 14.8 Å². The Morgan fingerprint density at radius 3 is 2.95 bits per heavy atom. The van der Waals surface area contributed by atoms with E-state index in [4.69, 9.17) is 22.1 Å². The van der Waals surface area contributed by atoms with Crippen molar-refractivity contribution >= 4 is 27.3 Å². The van der Waals surface area contributed by atoms with Crippen LogP contribution in [0.2, 0.25) is 5.02 Å². The summed E-state index contributed by atoms with van der Waals surface area (Å²) in [6, 6.07) is 4.49. The van der Waals surface area contributed by atoms with Gasteiger partial charge in [0.2, 0.25) is 10.0 Å². The van der Waals surface area contributed by atoms with E-state index in [1.807, 2.05) is 6.92 Å². The fourth-order valence-electron chi connectivity index (χ4n) is 2.37. The Hall–Kier alpha value is -0.820. The summed E-state index contributed by atoms with van der Waals surface area (Å²) in [6.45, 7) is 3.33. The van der Waals surface area contributed by atoms with E-state index in [2.05, 4.69) is 0 Å². The number of anilines is 1. The molecule has 1 aliphatic heterocycles. The second-order valence-electron chi connectivity index (χ2n) is 4.76. The average Bonchev–Trinajstić information content (AvgIpc) is 2.42. The van der Waals surface area contributed by atoms with Crippen LogP contribution >= 0.6 is 11.6 Å². The predicted molar refractivity (Wildman–Crippen MR) is 79.3 cm³/mol. The van der Waals surface area contributed by atoms with E-state index < -0.39 is 10.0 Å². The van der Waals surface area contributed by atoms with Gasteiger partial charge in [-0.2, -0.15) is 4.31 Å². The van der Waals surface area contributed by atoms with E-state index in [-0.39, 0.29) is 16.7 Å². The van der Waals surface area contributed by atoms with Crippen molar-refractivity contribution in [3.63, 3.8) is 0 Å². The molecule has 7 heteroatoms. The lowest BCUT2D eigenvalue weighted by atomic mass is 10.1. The summed E-state index contributed by atoms with van der Waals surface area (Å²) in [7, 11) is -3.62. The number of rotatable bonds is 4. The standard InChI is InChI=1S/C13H19ClN2O3S/c1-2-19-11-4-3-7-16(9-11)20(17,18)13-8-10(14)5-6-12(13)15/h5-6,8,11H,2-4,7,9,15H2,1H3. The molecule has 1 heterocycles. The lowest BCUT2D eigenvalue weighted by Crippen LogP contribution is -2.43. The van der Waals surface area contributed by atoms with Gasteiger partial charge in [0.25, 0.3) is 0 Å². The Kier molecular flexibility index (Phi) is 4.90. The summed E-state index contributed by atoms with van der Waals surface area (Å²) in [4.78, 5) is 0.0714. The molecule has 0 bridgehead atoms. The molecule has 1 aliphatic rings. The SMILES string of the molecule is CCOC1CCCN(S(=O)(=O)c2cc(Cl)ccc2N)C1. The molecule has 1 unspecified atom stereocenters. The predicted octanol–water partition coefficient (Wildman–Crippen LogP) is 2.11. The quantitative estimate of drug-likeness (QED) is 0.863. The first kappa shape index (κ1) is 15.6. The molecule has 1 saturated heterocycles. The Morgan fingerprint density at radius 1 is 1.50 bits per heavy atom. The normalized spacial score (nSPS) is 21.0. The molecule has 5 nitrogen and oxygen atoms in total. The van der Waals surface area contributed by atoms with Gasteiger partial charge in [0, 0.05) is 24.7 Å². The maximum atomic E-state index is 12.6. The van der Waals surface area contributed by atoms with Crippen molar-refractivity contribution in [2.24, 2.45) is 0 Å². The van der Waals surface area contributed by atoms with Gasteiger partial charge < -0.3 is 10.5 Å². The van der Waals surface area contributed by atoms with Gasteiger partial charge >= 0.3 is 0 Å². The highest BCUT2D eigenvalue weighted by Crippen LogP contribution is 2.28. The van der Waals surface area contributed by atoms with Crippen molar-refractivity contribution in [2.75, 3.05) is 25.4 Å². The summed E-state index contributed by atoms with van der Waals surface area (Å²) < 4.78 is 32.2. The summed E-state index contributed by atoms with van der Waals surface area (Å²) in [6.07, 6.45) is 1.61. The number of ether oxygens (including phenoxy) is 1. The third-order valence-electron chi connectivity index (χ3n) is 3.34. The van der Waals surface area contributed by atoms with E-state index in [0.717, 1.165) is 12.8 Å². The Morgan fingerprint density at radius 2 is 2.25 bits per heavy atom. The molecular formula is C13H19ClN2O3S. The second kappa shape index (κ2) is 6.30. The Balaban J connectivity index is 2.27. The van der Waals surface area contributed by atoms with Crippen molar-refractivity contribution < 1.29 is 13.2 Å². The molecule has 20 heavy (non-hydrogen) atoms. The summed E-state index contributed by atoms with van der Waals surface area (Å²) >= 11 is 5.88. The van der Waals surface area contributed by atoms with Crippen LogP contribution in [0.1, 0.15) is 19.8 Å². The monoisotopic (exact) mass is 318 g/mol. The van der Waals surface area contributed by atoms with Crippen molar-refractivity contribution in [2.45, 2.75) is 30.8 Å². The molecule has 1 aromatic rings. The number of piperidine rings is 1. The molecule has 0 aromatic heterocycles. The largest absolute Gasteiger partial charge is 0.398 e. The van der Waals surface area contributed by atoms with Crippen LogP contribution in [0.4, 0.5) is 5.69 Å². The molecule has 1 aromatic carbocycles. The molecule has 1 atom stereocenters. The maximum Gasteiger partial charge on any atom is 0.245 e. The minimum Gasteiger partial charge on any atom is -0.398 e. The summed E-state index contributed by atoms with van der Waals surface area (Å²) in [5.74, 6) is 0. The molecule has 0 spiro atoms. The van der Waals surface area contributed by atoms with Gasteiger partial charge in [-0.3, -0.25) is 0 Å². The molecule has 2 rings (SSSR count). The number of nitrogens with zero attached hydrogens (tertiary/aromatic N) is 1. The number of halogens is 1. The van der Waals surface area contributed by atoms with Crippen LogP contribution in [0.3, 0.4) is 0 Å². The van der Waals surface area contributed by atoms with E-state index >= 15 is 0 Å². The zero-order valence-corrected chi connectivity index (χ0v) is 13.0. The molecule has 0 amide bonds. The number of sulfonamides is 1. The number of benzene rings is 1. The highest BCUT2D eigenvalue weighted by molar-refractivity contribution is 7.89. The smallest absolute Gasteiger partial charge is 0.245 e. The first-order valence-corrected chi connectivity index (χ1v) is 8.43. The molecule has 2 N–H and O–H groups in total. The minimum absolute atomic E-state index is 0.0519. The lowest BCUT2D eigenvalue weighted by Gasteiger charge is -2.31. The van der Waals surface area contributed by atoms with Crippen LogP contribution in [0.5, 0.6) is 0 Å². The van der Waals surface area contributed by atoms with Crippen LogP contribution in [0.15, 0.2) is 23.1 Å². The van der Waals surface area contributed by atoms with E-state index in [1.165, 1.54) is 16.4 Å². The second-order valence-corrected chi connectivity index (χ2v) is 7.11. The van der Waals surface area contributed by atoms with Crippen molar-refractivity contribution in [3.8, 4) is 0 Å². The van der Waals surface area contributed by atoms with Gasteiger partial charge in [0.1, 0.15) is 4.90 Å². The molecular weight excluding hydrogens is 300 g/mol. The van der Waals surface area contributed by atoms with Gasteiger partial charge in [0.15, 0.2) is 0 Å². The van der Waals surface area contributed by atoms with E-state index in [1.54, 1.807) is 6.07 Å². The van der Waals surface area contributed by atoms with Gasteiger partial charge in [-0.15, -0.1) is 0 Å². The van der Waals surface area contributed by atoms with Gasteiger partial charge in [0.05, 0.1) is 11.8 Å². The third kappa shape index (κ3) is 3.25. The van der Waals surface area contributed by atoms with Crippen LogP contribution in [-0.4, -0.2) is 38.5 Å². The highest BCUT2D eigenvalue weighted by atomic mass is 35.5. The topological polar surface area (TPSA) is 72.6 Å². The Labute approximate surface area is 124 Å². The van der Waals surface area contributed by atoms with E-state index in [9.17, 15) is 8.42 Å². The maximum absolute atomic E-state index is 12.6. The number of hydrogen-bond donors (Lipinski definition) is 1. The van der Waals surface area contributed by atoms with Crippen LogP contribution in [0, 0.1) is 0 Å². The number of nitrogen functional groups attached to an aromatic ring is 1. The molecule has 1 fully saturated rings. The molecule has 0 aliphatic carbocycles. The average molecular weight is 319 g/mol. The fraction of sp³-hybridized carbons (Fsp3) is 0.538. The molecule has 0 saturated carbocycles. The molecule has 0 radical (unpaired) electrons. The van der Waals surface area contributed by atoms with Crippen molar-refractivity contribution in [3.05, 3.63) is 23.2 Å². The number of hydrogen-bond acceptors (Lipinski definition) is 4. The summed E-state index contributed by atoms with van der Waals surface area (Å²) in [5, 5.41) is 0.358. The molecule has 112 valence electrons. The minimum atomic E-state index is -3.62. The van der Waals surface area contributed by atoms with Gasteiger partial charge in [-0.25, -0.2) is 8.42 Å². The van der Waals surface area contributed by atoms with Crippen molar-refractivity contribution in [1.82, 2.24) is 4.31 Å². The highest BCUT2D eigenvalue weighted by Gasteiger charge is 2.31. The number of nitrogens with two attached hydrogens (primary N) is 1. The zero-order chi connectivity index (χ0) is 14.8. The van der Waals surface area contributed by atoms with Crippen LogP contribution in [0.25, 0.3) is 0 Å². The first-order valence-electron chi connectivity index (χ1n) is 6.62. The van der Waals surface area contributed by atoms with Gasteiger partial charge in [-0.1, -0.05) is 11.6 Å². The fourth-order valence-corrected chi connectivity index (χ4v) is 4.25. The van der Waals surface area contributed by atoms with Gasteiger partial charge in [-0.05, 0) is 38.0 Å². The third-order valence-corrected chi connectivity index (χ3v) is 5.49. The van der Waals surface area contributed by atoms with E-state index in [0.29, 0.717) is 24.7 Å². The first-order chi connectivity index (χ1) is 9.45. The van der Waals surface area contributed by atoms with Crippen LogP contribution < -0.4 is 5.73 Å².